The second kappa shape index (κ2) is 5.65. The van der Waals surface area contributed by atoms with Crippen molar-refractivity contribution in [1.29, 1.82) is 0 Å². The van der Waals surface area contributed by atoms with Crippen molar-refractivity contribution in [3.05, 3.63) is 29.8 Å². The molecule has 0 saturated heterocycles. The van der Waals surface area contributed by atoms with E-state index in [0.29, 0.717) is 6.07 Å². The maximum absolute atomic E-state index is 12.7. The van der Waals surface area contributed by atoms with Crippen LogP contribution in [0, 0.1) is 11.6 Å². The number of hydrogen-bond acceptors (Lipinski definition) is 2. The maximum Gasteiger partial charge on any atom is 0.405 e. The molecule has 0 aliphatic rings. The molecule has 0 radical (unpaired) electrons. The van der Waals surface area contributed by atoms with Crippen LogP contribution in [0.5, 0.6) is 0 Å². The molecule has 0 unspecified atom stereocenters. The number of halogens is 5. The Kier molecular flexibility index (Phi) is 4.46. The zero-order valence-corrected chi connectivity index (χ0v) is 8.94. The summed E-state index contributed by atoms with van der Waals surface area (Å²) < 4.78 is 60.7. The zero-order valence-electron chi connectivity index (χ0n) is 8.94. The summed E-state index contributed by atoms with van der Waals surface area (Å²) >= 11 is 0. The molecule has 1 rings (SSSR count). The minimum Gasteiger partial charge on any atom is -0.376 e. The van der Waals surface area contributed by atoms with E-state index in [2.05, 4.69) is 5.32 Å². The molecule has 0 aliphatic carbocycles. The summed E-state index contributed by atoms with van der Waals surface area (Å²) in [4.78, 5) is 11.0. The highest BCUT2D eigenvalue weighted by Crippen LogP contribution is 2.13. The zero-order chi connectivity index (χ0) is 13.8. The van der Waals surface area contributed by atoms with Gasteiger partial charge in [0.15, 0.2) is 0 Å². The van der Waals surface area contributed by atoms with Crippen molar-refractivity contribution in [3.63, 3.8) is 0 Å². The van der Waals surface area contributed by atoms with Gasteiger partial charge >= 0.3 is 6.18 Å². The molecule has 1 aromatic carbocycles. The van der Waals surface area contributed by atoms with E-state index in [1.54, 1.807) is 5.32 Å². The molecular formula is C10H9F5N2O. The molecule has 0 aliphatic heterocycles. The molecule has 3 nitrogen and oxygen atoms in total. The van der Waals surface area contributed by atoms with Crippen LogP contribution in [-0.2, 0) is 4.79 Å². The van der Waals surface area contributed by atoms with Gasteiger partial charge in [0.1, 0.15) is 18.2 Å². The molecule has 0 bridgehead atoms. The Labute approximate surface area is 99.0 Å². The first-order valence-corrected chi connectivity index (χ1v) is 4.80. The van der Waals surface area contributed by atoms with Crippen LogP contribution in [0.4, 0.5) is 27.6 Å². The van der Waals surface area contributed by atoms with Gasteiger partial charge in [-0.15, -0.1) is 0 Å². The molecule has 0 spiro atoms. The highest BCUT2D eigenvalue weighted by atomic mass is 19.4. The summed E-state index contributed by atoms with van der Waals surface area (Å²) in [6.07, 6.45) is -4.50. The van der Waals surface area contributed by atoms with Crippen LogP contribution in [0.2, 0.25) is 0 Å². The highest BCUT2D eigenvalue weighted by molar-refractivity contribution is 5.80. The molecule has 0 aromatic heterocycles. The standard InChI is InChI=1S/C10H9F5N2O/c11-6-1-7(12)3-8(2-6)16-4-9(18)17-5-10(13,14)15/h1-3,16H,4-5H2,(H,17,18). The average Bonchev–Trinajstić information content (AvgIpc) is 2.21. The predicted octanol–water partition coefficient (Wildman–Crippen LogP) is 2.06. The molecule has 1 amide bonds. The largest absolute Gasteiger partial charge is 0.405 e. The lowest BCUT2D eigenvalue weighted by atomic mass is 10.3. The van der Waals surface area contributed by atoms with Crippen molar-refractivity contribution < 1.29 is 26.7 Å². The third-order valence-electron chi connectivity index (χ3n) is 1.80. The first-order valence-electron chi connectivity index (χ1n) is 4.80. The number of alkyl halides is 3. The van der Waals surface area contributed by atoms with E-state index in [0.717, 1.165) is 12.1 Å². The van der Waals surface area contributed by atoms with Crippen molar-refractivity contribution in [2.24, 2.45) is 0 Å². The summed E-state index contributed by atoms with van der Waals surface area (Å²) in [5, 5.41) is 3.91. The van der Waals surface area contributed by atoms with E-state index in [9.17, 15) is 26.7 Å². The molecule has 0 fully saturated rings. The normalized spacial score (nSPS) is 11.2. The molecule has 0 heterocycles. The smallest absolute Gasteiger partial charge is 0.376 e. The third-order valence-corrected chi connectivity index (χ3v) is 1.80. The van der Waals surface area contributed by atoms with Crippen LogP contribution in [0.15, 0.2) is 18.2 Å². The van der Waals surface area contributed by atoms with Gasteiger partial charge in [0.2, 0.25) is 5.91 Å². The summed E-state index contributed by atoms with van der Waals surface area (Å²) in [5.74, 6) is -2.64. The van der Waals surface area contributed by atoms with Crippen molar-refractivity contribution in [2.75, 3.05) is 18.4 Å². The monoisotopic (exact) mass is 268 g/mol. The number of anilines is 1. The number of carbonyl (C=O) groups excluding carboxylic acids is 1. The second-order valence-electron chi connectivity index (χ2n) is 3.40. The molecule has 1 aromatic rings. The minimum atomic E-state index is -4.50. The first-order chi connectivity index (χ1) is 8.26. The highest BCUT2D eigenvalue weighted by Gasteiger charge is 2.27. The molecule has 100 valence electrons. The number of rotatable bonds is 4. The van der Waals surface area contributed by atoms with E-state index in [4.69, 9.17) is 0 Å². The van der Waals surface area contributed by atoms with Gasteiger partial charge < -0.3 is 10.6 Å². The lowest BCUT2D eigenvalue weighted by Gasteiger charge is -2.09. The minimum absolute atomic E-state index is 0.0327. The predicted molar refractivity (Wildman–Crippen MR) is 53.9 cm³/mol. The van der Waals surface area contributed by atoms with Crippen LogP contribution in [0.25, 0.3) is 0 Å². The van der Waals surface area contributed by atoms with E-state index < -0.39 is 36.8 Å². The van der Waals surface area contributed by atoms with E-state index in [1.165, 1.54) is 0 Å². The number of hydrogen-bond donors (Lipinski definition) is 2. The fraction of sp³-hybridized carbons (Fsp3) is 0.300. The lowest BCUT2D eigenvalue weighted by Crippen LogP contribution is -2.37. The van der Waals surface area contributed by atoms with Crippen molar-refractivity contribution in [3.8, 4) is 0 Å². The van der Waals surface area contributed by atoms with Gasteiger partial charge in [-0.2, -0.15) is 13.2 Å². The summed E-state index contributed by atoms with van der Waals surface area (Å²) in [7, 11) is 0. The summed E-state index contributed by atoms with van der Waals surface area (Å²) in [6.45, 7) is -1.97. The Morgan fingerprint density at radius 1 is 1.11 bits per heavy atom. The number of carbonyl (C=O) groups is 1. The third kappa shape index (κ3) is 5.46. The van der Waals surface area contributed by atoms with Crippen LogP contribution in [0.3, 0.4) is 0 Å². The summed E-state index contributed by atoms with van der Waals surface area (Å²) in [6, 6.07) is 2.47. The average molecular weight is 268 g/mol. The number of amides is 1. The van der Waals surface area contributed by atoms with Gasteiger partial charge in [0.25, 0.3) is 0 Å². The number of nitrogens with one attached hydrogen (secondary N) is 2. The molecule has 0 atom stereocenters. The molecular weight excluding hydrogens is 259 g/mol. The van der Waals surface area contributed by atoms with Crippen LogP contribution < -0.4 is 10.6 Å². The Morgan fingerprint density at radius 3 is 2.17 bits per heavy atom. The van der Waals surface area contributed by atoms with Crippen LogP contribution in [0.1, 0.15) is 0 Å². The fourth-order valence-electron chi connectivity index (χ4n) is 1.10. The van der Waals surface area contributed by atoms with Gasteiger partial charge in [0, 0.05) is 11.8 Å². The van der Waals surface area contributed by atoms with Crippen LogP contribution in [-0.4, -0.2) is 25.2 Å². The Morgan fingerprint density at radius 2 is 1.67 bits per heavy atom. The van der Waals surface area contributed by atoms with Gasteiger partial charge in [-0.3, -0.25) is 4.79 Å². The van der Waals surface area contributed by atoms with Gasteiger partial charge in [0.05, 0.1) is 6.54 Å². The van der Waals surface area contributed by atoms with E-state index >= 15 is 0 Å². The number of benzene rings is 1. The van der Waals surface area contributed by atoms with Gasteiger partial charge in [-0.05, 0) is 12.1 Å². The topological polar surface area (TPSA) is 41.1 Å². The maximum atomic E-state index is 12.7. The first kappa shape index (κ1) is 14.2. The Balaban J connectivity index is 2.43. The van der Waals surface area contributed by atoms with Crippen molar-refractivity contribution in [2.45, 2.75) is 6.18 Å². The SMILES string of the molecule is O=C(CNc1cc(F)cc(F)c1)NCC(F)(F)F. The van der Waals surface area contributed by atoms with E-state index in [1.807, 2.05) is 0 Å². The Bertz CT molecular complexity index is 413. The summed E-state index contributed by atoms with van der Waals surface area (Å²) in [5.41, 5.74) is -0.0327. The Hall–Kier alpha value is -1.86. The van der Waals surface area contributed by atoms with Crippen molar-refractivity contribution >= 4 is 11.6 Å². The van der Waals surface area contributed by atoms with E-state index in [-0.39, 0.29) is 5.69 Å². The molecule has 0 saturated carbocycles. The van der Waals surface area contributed by atoms with Crippen LogP contribution >= 0.6 is 0 Å². The van der Waals surface area contributed by atoms with Gasteiger partial charge in [-0.1, -0.05) is 0 Å². The van der Waals surface area contributed by atoms with Gasteiger partial charge in [-0.25, -0.2) is 8.78 Å². The quantitative estimate of drug-likeness (QED) is 0.821. The molecule has 18 heavy (non-hydrogen) atoms. The molecule has 8 heteroatoms. The fourth-order valence-corrected chi connectivity index (χ4v) is 1.10. The van der Waals surface area contributed by atoms with Crippen molar-refractivity contribution in [1.82, 2.24) is 5.32 Å². The second-order valence-corrected chi connectivity index (χ2v) is 3.40. The molecule has 2 N–H and O–H groups in total. The lowest BCUT2D eigenvalue weighted by molar-refractivity contribution is -0.137.